The normalized spacial score (nSPS) is 12.9. The number of rotatable bonds is 20. The van der Waals surface area contributed by atoms with Gasteiger partial charge >= 0.3 is 41.5 Å². The molecule has 6 N–H and O–H groups in total. The predicted molar refractivity (Wildman–Crippen MR) is 411 cm³/mol. The summed E-state index contributed by atoms with van der Waals surface area (Å²) in [7, 11) is 2.95. The van der Waals surface area contributed by atoms with E-state index < -0.39 is 39.5 Å². The Kier molecular flexibility index (Phi) is 32.9. The molecular formula is C85H84F2NNaO15S2. The first kappa shape index (κ1) is 86.5. The molecule has 0 radical (unpaired) electrons. The second-order valence-corrected chi connectivity index (χ2v) is 27.7. The summed E-state index contributed by atoms with van der Waals surface area (Å²) in [4.78, 5) is 68.6. The zero-order valence-electron chi connectivity index (χ0n) is 61.0. The van der Waals surface area contributed by atoms with Crippen LogP contribution in [0.25, 0.3) is 56.0 Å². The average molecular weight is 1480 g/mol. The summed E-state index contributed by atoms with van der Waals surface area (Å²) in [6.07, 6.45) is 9.52. The van der Waals surface area contributed by atoms with Crippen molar-refractivity contribution < 1.29 is 111 Å². The summed E-state index contributed by atoms with van der Waals surface area (Å²) >= 11 is 0. The minimum atomic E-state index is -1.16. The van der Waals surface area contributed by atoms with Gasteiger partial charge in [0, 0.05) is 87.4 Å². The molecule has 16 nitrogen and oxygen atoms in total. The number of hydrogen-bond donors (Lipinski definition) is 2. The van der Waals surface area contributed by atoms with Crippen molar-refractivity contribution in [3.8, 4) is 11.5 Å². The van der Waals surface area contributed by atoms with Crippen LogP contribution in [-0.4, -0.2) is 96.1 Å². The maximum Gasteiger partial charge on any atom is 1.00 e. The molecule has 1 heterocycles. The van der Waals surface area contributed by atoms with Gasteiger partial charge in [0.05, 0.1) is 32.8 Å². The standard InChI is InChI=1S/2C20H17FO3S.C15H15NO3.2C15H16O2.Na.2H2O/c2*1-12-17(9-13-3-6-15(7-4-13)25(2)24)16-8-5-14(21)10-19(16)18(12)11-20(22)23;1-10-3-5-11(6-4-10)15(19)13-8-7-12(16(13)2)9-14(17)18;2*1-11(16)3-4-12-5-6-14-10-15(17-2)8-7-13(14)9-12;;;/h2*3-10H,11H2,1-2H3,(H,22,23);3-8H,9H2,1-2H3,(H,17,18);2*5-10H,3-4H2,1-2H3;;2*1H2/q;;;;;+1;;/p-1/b2*17-9-;;;;;;. The number of nitrogens with zero attached hydrogens (tertiary/aromatic N) is 1. The number of carbonyl (C=O) groups excluding carboxylic acids is 4. The van der Waals surface area contributed by atoms with Crippen LogP contribution in [0, 0.1) is 18.6 Å². The fourth-order valence-electron chi connectivity index (χ4n) is 11.8. The molecule has 2 atom stereocenters. The second kappa shape index (κ2) is 40.4. The van der Waals surface area contributed by atoms with Gasteiger partial charge in [-0.1, -0.05) is 115 Å². The number of Topliss-reactive ketones (excluding diaryl/α,β-unsaturated/α-hetero) is 2. The number of ether oxygens (including phenoxy) is 2. The topological polar surface area (TPSA) is 286 Å². The Labute approximate surface area is 642 Å². The second-order valence-electron chi connectivity index (χ2n) is 24.9. The molecule has 10 aromatic rings. The van der Waals surface area contributed by atoms with Crippen molar-refractivity contribution in [2.45, 2.75) is 89.4 Å². The van der Waals surface area contributed by atoms with Gasteiger partial charge in [0.2, 0.25) is 5.78 Å². The molecule has 2 unspecified atom stereocenters. The molecule has 2 aliphatic carbocycles. The number of aryl methyl sites for hydroxylation is 3. The molecule has 0 saturated carbocycles. The summed E-state index contributed by atoms with van der Waals surface area (Å²) in [6, 6.07) is 58.8. The zero-order chi connectivity index (χ0) is 74.8. The fraction of sp³-hybridized carbons (Fsp3) is 0.200. The number of fused-ring (bicyclic) bond motifs is 4. The Morgan fingerprint density at radius 2 is 0.877 bits per heavy atom. The number of ketones is 3. The van der Waals surface area contributed by atoms with E-state index in [1.54, 1.807) is 113 Å². The number of aromatic nitrogens is 1. The van der Waals surface area contributed by atoms with Gasteiger partial charge in [-0.3, -0.25) is 22.8 Å². The van der Waals surface area contributed by atoms with Crippen LogP contribution in [0.1, 0.15) is 125 Å². The Morgan fingerprint density at radius 1 is 0.491 bits per heavy atom. The van der Waals surface area contributed by atoms with E-state index in [1.165, 1.54) is 46.2 Å². The van der Waals surface area contributed by atoms with Gasteiger partial charge in [0.1, 0.15) is 34.7 Å². The predicted octanol–water partition coefficient (Wildman–Crippen LogP) is 11.7. The van der Waals surface area contributed by atoms with E-state index in [4.69, 9.17) is 19.7 Å². The van der Waals surface area contributed by atoms with E-state index in [1.807, 2.05) is 106 Å². The molecule has 0 fully saturated rings. The molecule has 0 amide bonds. The molecule has 0 aliphatic heterocycles. The Hall–Kier alpha value is -10.2. The van der Waals surface area contributed by atoms with Crippen LogP contribution < -0.4 is 44.1 Å². The van der Waals surface area contributed by atoms with Gasteiger partial charge in [-0.05, 0) is 244 Å². The maximum absolute atomic E-state index is 13.7. The number of aliphatic carboxylic acids is 3. The first-order valence-electron chi connectivity index (χ1n) is 32.9. The molecule has 546 valence electrons. The number of carboxylic acid groups (broad SMARTS) is 3. The van der Waals surface area contributed by atoms with Crippen LogP contribution in [0.2, 0.25) is 0 Å². The number of methoxy groups -OCH3 is 2. The molecule has 0 bridgehead atoms. The third-order valence-electron chi connectivity index (χ3n) is 17.5. The van der Waals surface area contributed by atoms with Crippen molar-refractivity contribution in [3.63, 3.8) is 0 Å². The Bertz CT molecular complexity index is 4800. The summed E-state index contributed by atoms with van der Waals surface area (Å²) < 4.78 is 62.3. The van der Waals surface area contributed by atoms with E-state index in [0.29, 0.717) is 52.1 Å². The number of carboxylic acids is 3. The van der Waals surface area contributed by atoms with Gasteiger partial charge in [0.15, 0.2) is 0 Å². The molecule has 106 heavy (non-hydrogen) atoms. The van der Waals surface area contributed by atoms with Crippen molar-refractivity contribution in [2.75, 3.05) is 26.7 Å². The fourth-order valence-corrected chi connectivity index (χ4v) is 12.9. The van der Waals surface area contributed by atoms with E-state index in [2.05, 4.69) is 36.4 Å². The zero-order valence-corrected chi connectivity index (χ0v) is 64.6. The third-order valence-corrected chi connectivity index (χ3v) is 19.3. The van der Waals surface area contributed by atoms with Gasteiger partial charge in [-0.25, -0.2) is 8.78 Å². The number of benzene rings is 9. The van der Waals surface area contributed by atoms with Crippen LogP contribution in [0.15, 0.2) is 215 Å². The summed E-state index contributed by atoms with van der Waals surface area (Å²) in [6.45, 7) is 8.93. The van der Waals surface area contributed by atoms with E-state index in [-0.39, 0.29) is 88.8 Å². The van der Waals surface area contributed by atoms with Crippen molar-refractivity contribution in [1.82, 2.24) is 4.57 Å². The van der Waals surface area contributed by atoms with Crippen molar-refractivity contribution in [3.05, 3.63) is 284 Å². The molecule has 9 aromatic carbocycles. The average Bonchev–Trinajstić information content (AvgIpc) is 1.62. The summed E-state index contributed by atoms with van der Waals surface area (Å²) in [5.74, 6) is -1.72. The Balaban J connectivity index is 0.000000239. The van der Waals surface area contributed by atoms with Crippen molar-refractivity contribution >= 4 is 113 Å². The monoisotopic (exact) mass is 1480 g/mol. The first-order chi connectivity index (χ1) is 49.1. The number of halogens is 2. The van der Waals surface area contributed by atoms with Crippen LogP contribution in [0.4, 0.5) is 8.78 Å². The molecule has 21 heteroatoms. The van der Waals surface area contributed by atoms with Crippen LogP contribution in [0.5, 0.6) is 11.5 Å². The van der Waals surface area contributed by atoms with Crippen LogP contribution in [0.3, 0.4) is 0 Å². The van der Waals surface area contributed by atoms with E-state index >= 15 is 0 Å². The quantitative estimate of drug-likeness (QED) is 0.0531. The van der Waals surface area contributed by atoms with Gasteiger partial charge in [0.25, 0.3) is 0 Å². The third kappa shape index (κ3) is 23.7. The molecule has 12 rings (SSSR count). The van der Waals surface area contributed by atoms with Crippen LogP contribution in [-0.2, 0) is 71.9 Å². The van der Waals surface area contributed by atoms with Crippen molar-refractivity contribution in [1.29, 1.82) is 0 Å². The van der Waals surface area contributed by atoms with E-state index in [0.717, 1.165) is 95.0 Å². The van der Waals surface area contributed by atoms with Gasteiger partial charge in [-0.2, -0.15) is 0 Å². The van der Waals surface area contributed by atoms with Gasteiger partial charge in [-0.15, -0.1) is 0 Å². The molecule has 2 aliphatic rings. The number of hydrogen-bond acceptors (Lipinski definition) is 11. The molecule has 0 saturated heterocycles. The minimum Gasteiger partial charge on any atom is -0.550 e. The summed E-state index contributed by atoms with van der Waals surface area (Å²) in [5.41, 5.74) is 14.6. The Morgan fingerprint density at radius 3 is 1.24 bits per heavy atom. The minimum absolute atomic E-state index is 0. The SMILES string of the molecule is CC1=C(CC(=O)O)c2cc(F)ccc2/C1=C\c1ccc(S(C)=O)cc1.CC1=C(CC(=O)O)c2cc(F)ccc2/C1=C\c1ccc(S(C)=O)cc1.COc1ccc2cc(CCC(C)=O)ccc2c1.COc1ccc2cc(CCC(C)=O)ccc2c1.Cc1ccc(C(=O)c2ccc(CC(=O)[O-])n2C)cc1.O.O.[Na+]. The summed E-state index contributed by atoms with van der Waals surface area (Å²) in [5, 5.41) is 33.6. The molecule has 0 spiro atoms. The first-order valence-corrected chi connectivity index (χ1v) is 36.0. The smallest absolute Gasteiger partial charge is 0.550 e. The maximum atomic E-state index is 13.7. The van der Waals surface area contributed by atoms with E-state index in [9.17, 15) is 51.1 Å². The number of allylic oxidation sites excluding steroid dienone is 4. The molecule has 1 aromatic heterocycles. The number of carbonyl (C=O) groups is 6. The van der Waals surface area contributed by atoms with Crippen LogP contribution >= 0.6 is 0 Å². The van der Waals surface area contributed by atoms with Crippen molar-refractivity contribution in [2.24, 2.45) is 7.05 Å². The molecular weight excluding hydrogens is 1400 g/mol. The largest absolute Gasteiger partial charge is 1.00 e. The van der Waals surface area contributed by atoms with Gasteiger partial charge < -0.3 is 54.7 Å².